The number of pyridine rings is 2. The molecule has 4 rings (SSSR count). The zero-order valence-corrected chi connectivity index (χ0v) is 16.4. The molecule has 1 aliphatic carbocycles. The average molecular weight is 395 g/mol. The van der Waals surface area contributed by atoms with Gasteiger partial charge in [-0.25, -0.2) is 15.0 Å². The molecule has 3 aromatic heterocycles. The number of hydrogen-bond acceptors (Lipinski definition) is 6. The lowest BCUT2D eigenvalue weighted by molar-refractivity contribution is -0.142. The third kappa shape index (κ3) is 4.20. The molecular formula is C21H22N4O2S. The number of aromatic nitrogens is 3. The number of anilines is 2. The van der Waals surface area contributed by atoms with Crippen LogP contribution in [0.1, 0.15) is 42.2 Å². The lowest BCUT2D eigenvalue weighted by atomic mass is 9.82. The summed E-state index contributed by atoms with van der Waals surface area (Å²) in [6.45, 7) is 2.03. The van der Waals surface area contributed by atoms with E-state index in [0.29, 0.717) is 5.92 Å². The number of aliphatic carboxylic acids is 1. The van der Waals surface area contributed by atoms with Crippen molar-refractivity contribution < 1.29 is 9.90 Å². The minimum absolute atomic E-state index is 0.199. The molecule has 3 heterocycles. The molecule has 2 N–H and O–H groups in total. The Morgan fingerprint density at radius 2 is 1.96 bits per heavy atom. The molecule has 0 saturated heterocycles. The molecule has 28 heavy (non-hydrogen) atoms. The molecule has 0 spiro atoms. The minimum atomic E-state index is -0.671. The fraction of sp³-hybridized carbons (Fsp3) is 0.333. The lowest BCUT2D eigenvalue weighted by Gasteiger charge is -2.24. The van der Waals surface area contributed by atoms with Crippen LogP contribution in [0.25, 0.3) is 10.6 Å². The van der Waals surface area contributed by atoms with Crippen molar-refractivity contribution in [3.8, 4) is 10.6 Å². The van der Waals surface area contributed by atoms with E-state index in [2.05, 4.69) is 15.3 Å². The number of thiazole rings is 1. The van der Waals surface area contributed by atoms with E-state index in [0.717, 1.165) is 58.5 Å². The minimum Gasteiger partial charge on any atom is -0.481 e. The summed E-state index contributed by atoms with van der Waals surface area (Å²) in [6.07, 6.45) is 6.89. The van der Waals surface area contributed by atoms with Crippen LogP contribution < -0.4 is 5.32 Å². The summed E-state index contributed by atoms with van der Waals surface area (Å²) in [5, 5.41) is 13.5. The van der Waals surface area contributed by atoms with Gasteiger partial charge < -0.3 is 10.4 Å². The van der Waals surface area contributed by atoms with Gasteiger partial charge in [-0.1, -0.05) is 6.07 Å². The highest BCUT2D eigenvalue weighted by Gasteiger charge is 2.28. The number of carbonyl (C=O) groups is 1. The maximum Gasteiger partial charge on any atom is 0.306 e. The number of nitrogens with zero attached hydrogens (tertiary/aromatic N) is 3. The SMILES string of the molecule is Cc1ccnc(Nc2cccc(-c3cnc(C4CCC(C(=O)O)CC4)s3)n2)c1. The first kappa shape index (κ1) is 18.6. The second kappa shape index (κ2) is 8.06. The number of hydrogen-bond donors (Lipinski definition) is 2. The lowest BCUT2D eigenvalue weighted by Crippen LogP contribution is -2.20. The van der Waals surface area contributed by atoms with Crippen LogP contribution in [0.3, 0.4) is 0 Å². The third-order valence-corrected chi connectivity index (χ3v) is 6.30. The van der Waals surface area contributed by atoms with Gasteiger partial charge in [0, 0.05) is 18.3 Å². The van der Waals surface area contributed by atoms with E-state index in [1.807, 2.05) is 43.5 Å². The largest absolute Gasteiger partial charge is 0.481 e. The summed E-state index contributed by atoms with van der Waals surface area (Å²) in [4.78, 5) is 25.8. The van der Waals surface area contributed by atoms with Gasteiger partial charge in [-0.2, -0.15) is 0 Å². The Morgan fingerprint density at radius 3 is 2.71 bits per heavy atom. The second-order valence-corrected chi connectivity index (χ2v) is 8.26. The van der Waals surface area contributed by atoms with E-state index < -0.39 is 5.97 Å². The van der Waals surface area contributed by atoms with Crippen molar-refractivity contribution in [1.82, 2.24) is 15.0 Å². The second-order valence-electron chi connectivity index (χ2n) is 7.20. The topological polar surface area (TPSA) is 88.0 Å². The Kier molecular flexibility index (Phi) is 5.34. The first-order valence-electron chi connectivity index (χ1n) is 9.44. The van der Waals surface area contributed by atoms with Crippen molar-refractivity contribution in [2.75, 3.05) is 5.32 Å². The van der Waals surface area contributed by atoms with Gasteiger partial charge in [-0.15, -0.1) is 11.3 Å². The quantitative estimate of drug-likeness (QED) is 0.632. The van der Waals surface area contributed by atoms with E-state index in [1.54, 1.807) is 17.5 Å². The monoisotopic (exact) mass is 394 g/mol. The molecule has 0 aromatic carbocycles. The van der Waals surface area contributed by atoms with E-state index >= 15 is 0 Å². The van der Waals surface area contributed by atoms with Crippen LogP contribution in [0.2, 0.25) is 0 Å². The first-order chi connectivity index (χ1) is 13.6. The summed E-state index contributed by atoms with van der Waals surface area (Å²) >= 11 is 1.66. The van der Waals surface area contributed by atoms with Gasteiger partial charge in [-0.05, 0) is 62.4 Å². The predicted molar refractivity (Wildman–Crippen MR) is 110 cm³/mol. The molecule has 0 unspecified atom stereocenters. The highest BCUT2D eigenvalue weighted by atomic mass is 32.1. The van der Waals surface area contributed by atoms with E-state index in [-0.39, 0.29) is 5.92 Å². The molecule has 0 radical (unpaired) electrons. The molecule has 0 aliphatic heterocycles. The molecule has 0 amide bonds. The molecule has 144 valence electrons. The predicted octanol–water partition coefficient (Wildman–Crippen LogP) is 5.01. The van der Waals surface area contributed by atoms with Crippen LogP contribution in [0, 0.1) is 12.8 Å². The fourth-order valence-electron chi connectivity index (χ4n) is 3.56. The van der Waals surface area contributed by atoms with Crippen LogP contribution in [0.4, 0.5) is 11.6 Å². The normalized spacial score (nSPS) is 19.3. The van der Waals surface area contributed by atoms with Crippen LogP contribution >= 0.6 is 11.3 Å². The van der Waals surface area contributed by atoms with Gasteiger partial charge in [0.05, 0.1) is 21.5 Å². The Morgan fingerprint density at radius 1 is 1.14 bits per heavy atom. The molecular weight excluding hydrogens is 372 g/mol. The summed E-state index contributed by atoms with van der Waals surface area (Å²) < 4.78 is 0. The number of carboxylic acids is 1. The first-order valence-corrected chi connectivity index (χ1v) is 10.3. The van der Waals surface area contributed by atoms with Gasteiger partial charge in [0.25, 0.3) is 0 Å². The summed E-state index contributed by atoms with van der Waals surface area (Å²) in [6, 6.07) is 9.80. The van der Waals surface area contributed by atoms with Crippen molar-refractivity contribution >= 4 is 28.9 Å². The fourth-order valence-corrected chi connectivity index (χ4v) is 4.62. The van der Waals surface area contributed by atoms with Gasteiger partial charge in [0.2, 0.25) is 0 Å². The number of nitrogens with one attached hydrogen (secondary N) is 1. The van der Waals surface area contributed by atoms with Gasteiger partial charge >= 0.3 is 5.97 Å². The summed E-state index contributed by atoms with van der Waals surface area (Å²) in [5.74, 6) is 0.995. The van der Waals surface area contributed by atoms with Gasteiger partial charge in [0.15, 0.2) is 0 Å². The average Bonchev–Trinajstić information content (AvgIpc) is 3.19. The van der Waals surface area contributed by atoms with Crippen LogP contribution in [0.15, 0.2) is 42.7 Å². The smallest absolute Gasteiger partial charge is 0.306 e. The van der Waals surface area contributed by atoms with Crippen LogP contribution in [0.5, 0.6) is 0 Å². The maximum absolute atomic E-state index is 11.1. The van der Waals surface area contributed by atoms with Crippen molar-refractivity contribution in [2.45, 2.75) is 38.5 Å². The highest BCUT2D eigenvalue weighted by molar-refractivity contribution is 7.15. The molecule has 7 heteroatoms. The zero-order valence-electron chi connectivity index (χ0n) is 15.6. The van der Waals surface area contributed by atoms with Crippen molar-refractivity contribution in [1.29, 1.82) is 0 Å². The standard InChI is InChI=1S/C21H22N4O2S/c1-13-9-10-22-19(11-13)25-18-4-2-3-16(24-18)17-12-23-20(28-17)14-5-7-15(8-6-14)21(26)27/h2-4,9-12,14-15H,5-8H2,1H3,(H,26,27)(H,22,24,25). The van der Waals surface area contributed by atoms with E-state index in [9.17, 15) is 4.79 Å². The Bertz CT molecular complexity index is 980. The Hall–Kier alpha value is -2.80. The molecule has 1 fully saturated rings. The van der Waals surface area contributed by atoms with Gasteiger partial charge in [0.1, 0.15) is 11.6 Å². The van der Waals surface area contributed by atoms with Crippen molar-refractivity contribution in [3.63, 3.8) is 0 Å². The third-order valence-electron chi connectivity index (χ3n) is 5.12. The van der Waals surface area contributed by atoms with Gasteiger partial charge in [-0.3, -0.25) is 4.79 Å². The maximum atomic E-state index is 11.1. The summed E-state index contributed by atoms with van der Waals surface area (Å²) in [5.41, 5.74) is 2.01. The Balaban J connectivity index is 1.47. The number of rotatable bonds is 5. The molecule has 1 saturated carbocycles. The number of aryl methyl sites for hydroxylation is 1. The van der Waals surface area contributed by atoms with Crippen LogP contribution in [-0.2, 0) is 4.79 Å². The van der Waals surface area contributed by atoms with E-state index in [4.69, 9.17) is 10.1 Å². The van der Waals surface area contributed by atoms with Crippen LogP contribution in [-0.4, -0.2) is 26.0 Å². The van der Waals surface area contributed by atoms with E-state index in [1.165, 1.54) is 0 Å². The molecule has 0 atom stereocenters. The zero-order chi connectivity index (χ0) is 19.5. The molecule has 1 aliphatic rings. The molecule has 0 bridgehead atoms. The Labute approximate surface area is 167 Å². The van der Waals surface area contributed by atoms with Crippen molar-refractivity contribution in [3.05, 3.63) is 53.3 Å². The van der Waals surface area contributed by atoms with Crippen molar-refractivity contribution in [2.24, 2.45) is 5.92 Å². The highest BCUT2D eigenvalue weighted by Crippen LogP contribution is 2.39. The molecule has 6 nitrogen and oxygen atoms in total. The number of carboxylic acid groups (broad SMARTS) is 1. The summed E-state index contributed by atoms with van der Waals surface area (Å²) in [7, 11) is 0. The molecule has 3 aromatic rings.